The Hall–Kier alpha value is -2.30. The number of benzene rings is 1. The molecule has 0 spiro atoms. The van der Waals surface area contributed by atoms with E-state index in [0.29, 0.717) is 35.2 Å². The Labute approximate surface area is 123 Å². The number of ether oxygens (including phenoxy) is 1. The van der Waals surface area contributed by atoms with Gasteiger partial charge in [-0.15, -0.1) is 0 Å². The predicted molar refractivity (Wildman–Crippen MR) is 78.7 cm³/mol. The summed E-state index contributed by atoms with van der Waals surface area (Å²) < 4.78 is 10.7. The Morgan fingerprint density at radius 1 is 1.43 bits per heavy atom. The molecule has 1 aromatic heterocycles. The Morgan fingerprint density at radius 3 is 2.71 bits per heavy atom. The zero-order chi connectivity index (χ0) is 15.6. The van der Waals surface area contributed by atoms with Gasteiger partial charge in [0.2, 0.25) is 11.7 Å². The third-order valence-corrected chi connectivity index (χ3v) is 3.15. The Morgan fingerprint density at radius 2 is 2.14 bits per heavy atom. The summed E-state index contributed by atoms with van der Waals surface area (Å²) in [4.78, 5) is 15.6. The van der Waals surface area contributed by atoms with E-state index in [-0.39, 0.29) is 5.76 Å². The van der Waals surface area contributed by atoms with Gasteiger partial charge >= 0.3 is 5.97 Å². The van der Waals surface area contributed by atoms with E-state index in [2.05, 4.69) is 4.98 Å². The fourth-order valence-corrected chi connectivity index (χ4v) is 2.12. The summed E-state index contributed by atoms with van der Waals surface area (Å²) in [6.45, 7) is 5.95. The van der Waals surface area contributed by atoms with Crippen LogP contribution in [0.2, 0.25) is 0 Å². The lowest BCUT2D eigenvalue weighted by atomic mass is 10.1. The second kappa shape index (κ2) is 5.99. The largest absolute Gasteiger partial charge is 0.496 e. The molecule has 2 rings (SSSR count). The summed E-state index contributed by atoms with van der Waals surface area (Å²) in [6.07, 6.45) is 0.564. The molecule has 112 valence electrons. The molecule has 2 aromatic rings. The Kier molecular flexibility index (Phi) is 4.31. The average Bonchev–Trinajstić information content (AvgIpc) is 2.82. The van der Waals surface area contributed by atoms with Gasteiger partial charge < -0.3 is 14.3 Å². The van der Waals surface area contributed by atoms with Crippen LogP contribution in [0.25, 0.3) is 11.5 Å². The first-order valence-corrected chi connectivity index (χ1v) is 6.80. The summed E-state index contributed by atoms with van der Waals surface area (Å²) in [7, 11) is 1.59. The topological polar surface area (TPSA) is 72.6 Å². The number of aromatic nitrogens is 1. The highest BCUT2D eigenvalue weighted by molar-refractivity contribution is 5.86. The smallest absolute Gasteiger partial charge is 0.373 e. The lowest BCUT2D eigenvalue weighted by Crippen LogP contribution is -2.03. The van der Waals surface area contributed by atoms with Gasteiger partial charge in [-0.3, -0.25) is 0 Å². The molecule has 5 heteroatoms. The normalized spacial score (nSPS) is 10.9. The van der Waals surface area contributed by atoms with E-state index in [4.69, 9.17) is 9.15 Å². The van der Waals surface area contributed by atoms with Gasteiger partial charge in [0.1, 0.15) is 5.75 Å². The van der Waals surface area contributed by atoms with E-state index in [1.54, 1.807) is 13.2 Å². The SMILES string of the molecule is COc1cc(-c2nc(CC(C)C)c(C(=O)O)o2)ccc1C. The highest BCUT2D eigenvalue weighted by Crippen LogP contribution is 2.28. The monoisotopic (exact) mass is 289 g/mol. The predicted octanol–water partition coefficient (Wildman–Crippen LogP) is 3.56. The summed E-state index contributed by atoms with van der Waals surface area (Å²) in [5.41, 5.74) is 2.18. The fourth-order valence-electron chi connectivity index (χ4n) is 2.12. The molecule has 21 heavy (non-hydrogen) atoms. The lowest BCUT2D eigenvalue weighted by Gasteiger charge is -2.05. The van der Waals surface area contributed by atoms with Crippen LogP contribution in [0.5, 0.6) is 5.75 Å². The van der Waals surface area contributed by atoms with Crippen molar-refractivity contribution in [1.29, 1.82) is 0 Å². The molecule has 1 N–H and O–H groups in total. The van der Waals surface area contributed by atoms with Crippen LogP contribution in [0, 0.1) is 12.8 Å². The number of methoxy groups -OCH3 is 1. The van der Waals surface area contributed by atoms with Crippen LogP contribution in [0.15, 0.2) is 22.6 Å². The van der Waals surface area contributed by atoms with Gasteiger partial charge in [-0.1, -0.05) is 19.9 Å². The fraction of sp³-hybridized carbons (Fsp3) is 0.375. The minimum atomic E-state index is -1.09. The van der Waals surface area contributed by atoms with E-state index in [1.807, 2.05) is 32.9 Å². The molecule has 0 saturated heterocycles. The molecule has 0 aliphatic carbocycles. The Balaban J connectivity index is 2.47. The summed E-state index contributed by atoms with van der Waals surface area (Å²) in [5, 5.41) is 9.23. The van der Waals surface area contributed by atoms with Crippen LogP contribution >= 0.6 is 0 Å². The maximum Gasteiger partial charge on any atom is 0.373 e. The van der Waals surface area contributed by atoms with Crippen LogP contribution < -0.4 is 4.74 Å². The van der Waals surface area contributed by atoms with Crippen LogP contribution in [-0.2, 0) is 6.42 Å². The zero-order valence-corrected chi connectivity index (χ0v) is 12.6. The van der Waals surface area contributed by atoms with E-state index >= 15 is 0 Å². The molecule has 0 radical (unpaired) electrons. The van der Waals surface area contributed by atoms with Gasteiger partial charge in [-0.05, 0) is 37.0 Å². The number of aryl methyl sites for hydroxylation is 1. The molecule has 1 heterocycles. The average molecular weight is 289 g/mol. The molecule has 0 unspecified atom stereocenters. The molecule has 0 fully saturated rings. The standard InChI is InChI=1S/C16H19NO4/c1-9(2)7-12-14(16(18)19)21-15(17-12)11-6-5-10(3)13(8-11)20-4/h5-6,8-9H,7H2,1-4H3,(H,18,19). The first kappa shape index (κ1) is 15.1. The number of nitrogens with zero attached hydrogens (tertiary/aromatic N) is 1. The highest BCUT2D eigenvalue weighted by Gasteiger charge is 2.21. The van der Waals surface area contributed by atoms with E-state index in [1.165, 1.54) is 0 Å². The third kappa shape index (κ3) is 3.24. The maximum absolute atomic E-state index is 11.3. The molecule has 0 saturated carbocycles. The van der Waals surface area contributed by atoms with E-state index in [0.717, 1.165) is 5.56 Å². The molecular formula is C16H19NO4. The molecule has 0 aliphatic heterocycles. The third-order valence-electron chi connectivity index (χ3n) is 3.15. The quantitative estimate of drug-likeness (QED) is 0.911. The number of carbonyl (C=O) groups is 1. The van der Waals surface area contributed by atoms with Crippen molar-refractivity contribution in [1.82, 2.24) is 4.98 Å². The van der Waals surface area contributed by atoms with Crippen molar-refractivity contribution in [3.8, 4) is 17.2 Å². The van der Waals surface area contributed by atoms with Crippen molar-refractivity contribution in [2.45, 2.75) is 27.2 Å². The van der Waals surface area contributed by atoms with E-state index in [9.17, 15) is 9.90 Å². The number of oxazole rings is 1. The number of carboxylic acid groups (broad SMARTS) is 1. The van der Waals surface area contributed by atoms with Gasteiger partial charge in [-0.25, -0.2) is 9.78 Å². The van der Waals surface area contributed by atoms with Gasteiger partial charge in [-0.2, -0.15) is 0 Å². The molecule has 1 aromatic carbocycles. The number of carboxylic acids is 1. The summed E-state index contributed by atoms with van der Waals surface area (Å²) >= 11 is 0. The number of rotatable bonds is 5. The van der Waals surface area contributed by atoms with Gasteiger partial charge in [0.15, 0.2) is 0 Å². The molecular weight excluding hydrogens is 270 g/mol. The molecule has 0 atom stereocenters. The van der Waals surface area contributed by atoms with Crippen LogP contribution in [-0.4, -0.2) is 23.2 Å². The minimum Gasteiger partial charge on any atom is -0.496 e. The van der Waals surface area contributed by atoms with Crippen molar-refractivity contribution >= 4 is 5.97 Å². The van der Waals surface area contributed by atoms with Gasteiger partial charge in [0.25, 0.3) is 0 Å². The van der Waals surface area contributed by atoms with E-state index < -0.39 is 5.97 Å². The highest BCUT2D eigenvalue weighted by atomic mass is 16.5. The number of hydrogen-bond acceptors (Lipinski definition) is 4. The zero-order valence-electron chi connectivity index (χ0n) is 12.6. The number of hydrogen-bond donors (Lipinski definition) is 1. The van der Waals surface area contributed by atoms with Crippen LogP contribution in [0.1, 0.15) is 35.7 Å². The second-order valence-corrected chi connectivity index (χ2v) is 5.38. The van der Waals surface area contributed by atoms with Crippen molar-refractivity contribution in [3.05, 3.63) is 35.2 Å². The molecule has 0 amide bonds. The van der Waals surface area contributed by atoms with Gasteiger partial charge in [0, 0.05) is 5.56 Å². The molecule has 5 nitrogen and oxygen atoms in total. The van der Waals surface area contributed by atoms with Crippen LogP contribution in [0.4, 0.5) is 0 Å². The Bertz CT molecular complexity index is 658. The van der Waals surface area contributed by atoms with Gasteiger partial charge in [0.05, 0.1) is 12.8 Å². The van der Waals surface area contributed by atoms with Crippen molar-refractivity contribution in [2.24, 2.45) is 5.92 Å². The summed E-state index contributed by atoms with van der Waals surface area (Å²) in [5.74, 6) is 0.143. The lowest BCUT2D eigenvalue weighted by molar-refractivity contribution is 0.0661. The van der Waals surface area contributed by atoms with Crippen LogP contribution in [0.3, 0.4) is 0 Å². The second-order valence-electron chi connectivity index (χ2n) is 5.38. The minimum absolute atomic E-state index is 0.0850. The summed E-state index contributed by atoms with van der Waals surface area (Å²) in [6, 6.07) is 5.53. The van der Waals surface area contributed by atoms with Crippen molar-refractivity contribution in [3.63, 3.8) is 0 Å². The number of aromatic carboxylic acids is 1. The molecule has 0 aliphatic rings. The first-order chi connectivity index (χ1) is 9.92. The van der Waals surface area contributed by atoms with Crippen molar-refractivity contribution < 1.29 is 19.1 Å². The molecule has 0 bridgehead atoms. The maximum atomic E-state index is 11.3. The van der Waals surface area contributed by atoms with Crippen molar-refractivity contribution in [2.75, 3.05) is 7.11 Å². The first-order valence-electron chi connectivity index (χ1n) is 6.80.